The van der Waals surface area contributed by atoms with E-state index in [1.165, 1.54) is 24.0 Å². The maximum Gasteiger partial charge on any atom is 0.253 e. The summed E-state index contributed by atoms with van der Waals surface area (Å²) < 4.78 is 0. The summed E-state index contributed by atoms with van der Waals surface area (Å²) in [6.07, 6.45) is 4.44. The van der Waals surface area contributed by atoms with Gasteiger partial charge in [0.15, 0.2) is 0 Å². The van der Waals surface area contributed by atoms with Crippen LogP contribution in [0.25, 0.3) is 0 Å². The molecule has 0 saturated heterocycles. The zero-order valence-corrected chi connectivity index (χ0v) is 11.7. The molecule has 0 aliphatic carbocycles. The van der Waals surface area contributed by atoms with E-state index in [4.69, 9.17) is 0 Å². The average Bonchev–Trinajstić information content (AvgIpc) is 2.52. The number of carbonyl (C=O) groups excluding carboxylic acids is 1. The molecule has 1 aromatic rings. The zero-order valence-electron chi connectivity index (χ0n) is 11.7. The molecule has 1 amide bonds. The van der Waals surface area contributed by atoms with Crippen LogP contribution in [0.3, 0.4) is 0 Å². The number of rotatable bonds is 3. The molecule has 0 radical (unpaired) electrons. The first-order chi connectivity index (χ1) is 8.67. The Labute approximate surface area is 110 Å². The molecular weight excluding hydrogens is 222 g/mol. The molecule has 18 heavy (non-hydrogen) atoms. The zero-order chi connectivity index (χ0) is 13.1. The minimum absolute atomic E-state index is 0.179. The second kappa shape index (κ2) is 5.55. The summed E-state index contributed by atoms with van der Waals surface area (Å²) in [7, 11) is 1.90. The van der Waals surface area contributed by atoms with Crippen molar-refractivity contribution < 1.29 is 4.79 Å². The van der Waals surface area contributed by atoms with Crippen molar-refractivity contribution in [2.75, 3.05) is 13.6 Å². The van der Waals surface area contributed by atoms with Crippen molar-refractivity contribution in [3.05, 3.63) is 34.9 Å². The highest BCUT2D eigenvalue weighted by Gasteiger charge is 2.20. The number of aryl methyl sites for hydroxylation is 1. The van der Waals surface area contributed by atoms with Gasteiger partial charge in [-0.2, -0.15) is 0 Å². The van der Waals surface area contributed by atoms with Crippen molar-refractivity contribution in [2.24, 2.45) is 0 Å². The van der Waals surface area contributed by atoms with Crippen LogP contribution in [-0.4, -0.2) is 24.4 Å². The van der Waals surface area contributed by atoms with Gasteiger partial charge in [0, 0.05) is 19.2 Å². The Kier molecular flexibility index (Phi) is 4.05. The standard InChI is InChI=1S/C16H23NO/c1-4-12(5-2)13-8-9-15-14(11-13)7-6-10-17(3)16(15)18/h8-9,11-12H,4-7,10H2,1-3H3. The first-order valence-corrected chi connectivity index (χ1v) is 7.05. The van der Waals surface area contributed by atoms with Gasteiger partial charge in [-0.05, 0) is 48.8 Å². The predicted molar refractivity (Wildman–Crippen MR) is 75.0 cm³/mol. The van der Waals surface area contributed by atoms with Gasteiger partial charge < -0.3 is 4.90 Å². The maximum absolute atomic E-state index is 12.2. The Balaban J connectivity index is 2.37. The van der Waals surface area contributed by atoms with E-state index in [0.29, 0.717) is 5.92 Å². The fourth-order valence-corrected chi connectivity index (χ4v) is 2.86. The van der Waals surface area contributed by atoms with Crippen LogP contribution < -0.4 is 0 Å². The molecule has 2 nitrogen and oxygen atoms in total. The van der Waals surface area contributed by atoms with Crippen LogP contribution in [0.1, 0.15) is 60.5 Å². The van der Waals surface area contributed by atoms with E-state index in [9.17, 15) is 4.79 Å². The lowest BCUT2D eigenvalue weighted by Crippen LogP contribution is -2.26. The lowest BCUT2D eigenvalue weighted by Gasteiger charge is -2.17. The second-order valence-corrected chi connectivity index (χ2v) is 5.26. The molecule has 0 saturated carbocycles. The van der Waals surface area contributed by atoms with E-state index in [1.807, 2.05) is 18.0 Å². The van der Waals surface area contributed by atoms with Gasteiger partial charge in [0.1, 0.15) is 0 Å². The van der Waals surface area contributed by atoms with Crippen LogP contribution in [0.15, 0.2) is 18.2 Å². The monoisotopic (exact) mass is 245 g/mol. The van der Waals surface area contributed by atoms with Crippen molar-refractivity contribution in [1.82, 2.24) is 4.90 Å². The predicted octanol–water partition coefficient (Wildman–Crippen LogP) is 3.61. The molecule has 0 N–H and O–H groups in total. The summed E-state index contributed by atoms with van der Waals surface area (Å²) in [6, 6.07) is 6.45. The molecule has 1 heterocycles. The van der Waals surface area contributed by atoms with E-state index >= 15 is 0 Å². The van der Waals surface area contributed by atoms with E-state index in [2.05, 4.69) is 26.0 Å². The Hall–Kier alpha value is -1.31. The van der Waals surface area contributed by atoms with Gasteiger partial charge in [0.25, 0.3) is 5.91 Å². The van der Waals surface area contributed by atoms with Crippen LogP contribution in [0, 0.1) is 0 Å². The third kappa shape index (κ3) is 2.43. The molecule has 0 atom stereocenters. The van der Waals surface area contributed by atoms with Gasteiger partial charge in [-0.15, -0.1) is 0 Å². The third-order valence-electron chi connectivity index (χ3n) is 4.10. The van der Waals surface area contributed by atoms with Gasteiger partial charge in [-0.25, -0.2) is 0 Å². The first-order valence-electron chi connectivity index (χ1n) is 7.05. The van der Waals surface area contributed by atoms with Crippen LogP contribution in [-0.2, 0) is 6.42 Å². The number of carbonyl (C=O) groups is 1. The fraction of sp³-hybridized carbons (Fsp3) is 0.562. The molecule has 1 aliphatic rings. The van der Waals surface area contributed by atoms with Gasteiger partial charge in [0.05, 0.1) is 0 Å². The number of benzene rings is 1. The molecule has 98 valence electrons. The van der Waals surface area contributed by atoms with Crippen molar-refractivity contribution in [3.8, 4) is 0 Å². The molecule has 0 aromatic heterocycles. The number of hydrogen-bond acceptors (Lipinski definition) is 1. The summed E-state index contributed by atoms with van der Waals surface area (Å²) in [5, 5.41) is 0. The molecule has 0 bridgehead atoms. The molecule has 0 fully saturated rings. The second-order valence-electron chi connectivity index (χ2n) is 5.26. The lowest BCUT2D eigenvalue weighted by molar-refractivity contribution is 0.0800. The van der Waals surface area contributed by atoms with E-state index in [0.717, 1.165) is 24.9 Å². The molecule has 1 aromatic carbocycles. The highest BCUT2D eigenvalue weighted by atomic mass is 16.2. The van der Waals surface area contributed by atoms with Crippen LogP contribution in [0.5, 0.6) is 0 Å². The topological polar surface area (TPSA) is 20.3 Å². The molecule has 1 aliphatic heterocycles. The Morgan fingerprint density at radius 3 is 2.67 bits per heavy atom. The Morgan fingerprint density at radius 1 is 1.28 bits per heavy atom. The molecule has 2 rings (SSSR count). The third-order valence-corrected chi connectivity index (χ3v) is 4.10. The van der Waals surface area contributed by atoms with E-state index in [-0.39, 0.29) is 5.91 Å². The summed E-state index contributed by atoms with van der Waals surface area (Å²) >= 11 is 0. The summed E-state index contributed by atoms with van der Waals surface area (Å²) in [6.45, 7) is 5.34. The van der Waals surface area contributed by atoms with Crippen molar-refractivity contribution in [1.29, 1.82) is 0 Å². The van der Waals surface area contributed by atoms with Crippen molar-refractivity contribution in [3.63, 3.8) is 0 Å². The summed E-state index contributed by atoms with van der Waals surface area (Å²) in [5.41, 5.74) is 3.55. The Bertz CT molecular complexity index is 435. The highest BCUT2D eigenvalue weighted by Crippen LogP contribution is 2.27. The van der Waals surface area contributed by atoms with Crippen LogP contribution >= 0.6 is 0 Å². The first kappa shape index (κ1) is 13.1. The number of fused-ring (bicyclic) bond motifs is 1. The fourth-order valence-electron chi connectivity index (χ4n) is 2.86. The van der Waals surface area contributed by atoms with Crippen molar-refractivity contribution in [2.45, 2.75) is 45.4 Å². The summed E-state index contributed by atoms with van der Waals surface area (Å²) in [4.78, 5) is 14.0. The van der Waals surface area contributed by atoms with Gasteiger partial charge in [-0.1, -0.05) is 26.0 Å². The van der Waals surface area contributed by atoms with Gasteiger partial charge >= 0.3 is 0 Å². The quantitative estimate of drug-likeness (QED) is 0.796. The molecular formula is C16H23NO. The van der Waals surface area contributed by atoms with Crippen LogP contribution in [0.2, 0.25) is 0 Å². The minimum Gasteiger partial charge on any atom is -0.342 e. The minimum atomic E-state index is 0.179. The molecule has 2 heteroatoms. The van der Waals surface area contributed by atoms with E-state index in [1.54, 1.807) is 0 Å². The smallest absolute Gasteiger partial charge is 0.253 e. The number of hydrogen-bond donors (Lipinski definition) is 0. The normalized spacial score (nSPS) is 15.8. The molecule has 0 spiro atoms. The number of nitrogens with zero attached hydrogens (tertiary/aromatic N) is 1. The number of amides is 1. The SMILES string of the molecule is CCC(CC)c1ccc2c(c1)CCCN(C)C2=O. The van der Waals surface area contributed by atoms with Crippen LogP contribution in [0.4, 0.5) is 0 Å². The lowest BCUT2D eigenvalue weighted by atomic mass is 9.90. The van der Waals surface area contributed by atoms with E-state index < -0.39 is 0 Å². The maximum atomic E-state index is 12.2. The molecule has 0 unspecified atom stereocenters. The average molecular weight is 245 g/mol. The summed E-state index contributed by atoms with van der Waals surface area (Å²) in [5.74, 6) is 0.810. The van der Waals surface area contributed by atoms with Gasteiger partial charge in [0.2, 0.25) is 0 Å². The highest BCUT2D eigenvalue weighted by molar-refractivity contribution is 5.96. The van der Waals surface area contributed by atoms with Crippen molar-refractivity contribution >= 4 is 5.91 Å². The van der Waals surface area contributed by atoms with Gasteiger partial charge in [-0.3, -0.25) is 4.79 Å². The largest absolute Gasteiger partial charge is 0.342 e. The Morgan fingerprint density at radius 2 is 2.00 bits per heavy atom.